The molecule has 0 N–H and O–H groups in total. The first-order valence-corrected chi connectivity index (χ1v) is 7.78. The van der Waals surface area contributed by atoms with E-state index in [0.29, 0.717) is 35.7 Å². The molecule has 22 heavy (non-hydrogen) atoms. The molecule has 1 unspecified atom stereocenters. The number of rotatable bonds is 1. The van der Waals surface area contributed by atoms with Crippen molar-refractivity contribution < 1.29 is 13.9 Å². The number of halogens is 2. The Kier molecular flexibility index (Phi) is 4.66. The summed E-state index contributed by atoms with van der Waals surface area (Å²) in [6.07, 6.45) is 1.86. The molecule has 1 saturated heterocycles. The fourth-order valence-electron chi connectivity index (χ4n) is 2.70. The van der Waals surface area contributed by atoms with Crippen LogP contribution in [0.15, 0.2) is 12.3 Å². The Hall–Kier alpha value is -1.36. The van der Waals surface area contributed by atoms with E-state index in [0.717, 1.165) is 0 Å². The van der Waals surface area contributed by atoms with E-state index >= 15 is 4.39 Å². The van der Waals surface area contributed by atoms with E-state index in [2.05, 4.69) is 4.98 Å². The van der Waals surface area contributed by atoms with Gasteiger partial charge in [-0.15, -0.1) is 0 Å². The van der Waals surface area contributed by atoms with Gasteiger partial charge in [-0.1, -0.05) is 11.6 Å². The molecule has 1 amide bonds. The third kappa shape index (κ3) is 3.88. The molecule has 1 aromatic heterocycles. The number of carbonyl (C=O) groups is 1. The fourth-order valence-corrected chi connectivity index (χ4v) is 2.91. The molecule has 0 saturated carbocycles. The van der Waals surface area contributed by atoms with Gasteiger partial charge in [0.15, 0.2) is 5.67 Å². The lowest BCUT2D eigenvalue weighted by Gasteiger charge is -2.38. The molecule has 6 heteroatoms. The average molecular weight is 329 g/mol. The number of hydrogen-bond donors (Lipinski definition) is 0. The molecule has 2 heterocycles. The van der Waals surface area contributed by atoms with Crippen molar-refractivity contribution in [3.05, 3.63) is 28.5 Å². The number of pyridine rings is 1. The van der Waals surface area contributed by atoms with Crippen LogP contribution in [0.1, 0.15) is 44.9 Å². The molecule has 2 rings (SSSR count). The first kappa shape index (κ1) is 17.0. The molecule has 1 aliphatic rings. The van der Waals surface area contributed by atoms with Crippen LogP contribution in [0.2, 0.25) is 5.02 Å². The Balaban J connectivity index is 2.20. The zero-order chi connectivity index (χ0) is 16.5. The summed E-state index contributed by atoms with van der Waals surface area (Å²) in [5, 5.41) is 0.477. The SMILES string of the molecule is Cc1cc(Cl)cnc1C1(F)CCCN(C(=O)OC(C)(C)C)C1. The van der Waals surface area contributed by atoms with Crippen molar-refractivity contribution in [2.24, 2.45) is 0 Å². The highest BCUT2D eigenvalue weighted by molar-refractivity contribution is 6.30. The van der Waals surface area contributed by atoms with E-state index in [-0.39, 0.29) is 6.54 Å². The number of amides is 1. The van der Waals surface area contributed by atoms with Crippen molar-refractivity contribution in [2.45, 2.75) is 51.8 Å². The van der Waals surface area contributed by atoms with E-state index in [4.69, 9.17) is 16.3 Å². The predicted molar refractivity (Wildman–Crippen MR) is 83.8 cm³/mol. The molecule has 1 aromatic rings. The lowest BCUT2D eigenvalue weighted by Crippen LogP contribution is -2.48. The van der Waals surface area contributed by atoms with Crippen molar-refractivity contribution in [2.75, 3.05) is 13.1 Å². The third-order valence-electron chi connectivity index (χ3n) is 3.56. The number of alkyl halides is 1. The standard InChI is InChI=1S/C16H22ClFN2O2/c1-11-8-12(17)9-19-13(11)16(18)6-5-7-20(10-16)14(21)22-15(2,3)4/h8-9H,5-7,10H2,1-4H3. The van der Waals surface area contributed by atoms with Crippen molar-refractivity contribution in [3.8, 4) is 0 Å². The molecule has 0 bridgehead atoms. The molecule has 0 spiro atoms. The number of aromatic nitrogens is 1. The van der Waals surface area contributed by atoms with Crippen LogP contribution in [0.4, 0.5) is 9.18 Å². The molecule has 122 valence electrons. The molecule has 0 aliphatic carbocycles. The van der Waals surface area contributed by atoms with Gasteiger partial charge in [-0.05, 0) is 52.2 Å². The van der Waals surface area contributed by atoms with Gasteiger partial charge in [-0.3, -0.25) is 4.98 Å². The fraction of sp³-hybridized carbons (Fsp3) is 0.625. The molecule has 0 radical (unpaired) electrons. The molecule has 1 aliphatic heterocycles. The summed E-state index contributed by atoms with van der Waals surface area (Å²) < 4.78 is 20.7. The van der Waals surface area contributed by atoms with Crippen LogP contribution >= 0.6 is 11.6 Å². The smallest absolute Gasteiger partial charge is 0.410 e. The molecule has 0 aromatic carbocycles. The summed E-state index contributed by atoms with van der Waals surface area (Å²) in [5.74, 6) is 0. The average Bonchev–Trinajstić information content (AvgIpc) is 2.36. The quantitative estimate of drug-likeness (QED) is 0.774. The van der Waals surface area contributed by atoms with Gasteiger partial charge in [-0.25, -0.2) is 9.18 Å². The topological polar surface area (TPSA) is 42.4 Å². The van der Waals surface area contributed by atoms with Crippen molar-refractivity contribution in [1.29, 1.82) is 0 Å². The first-order chi connectivity index (χ1) is 10.1. The summed E-state index contributed by atoms with van der Waals surface area (Å²) in [7, 11) is 0. The molecular weight excluding hydrogens is 307 g/mol. The van der Waals surface area contributed by atoms with Crippen LogP contribution in [0.5, 0.6) is 0 Å². The number of hydrogen-bond acceptors (Lipinski definition) is 3. The van der Waals surface area contributed by atoms with Crippen LogP contribution in [0.3, 0.4) is 0 Å². The minimum absolute atomic E-state index is 0.0443. The number of nitrogens with zero attached hydrogens (tertiary/aromatic N) is 2. The van der Waals surface area contributed by atoms with Gasteiger partial charge >= 0.3 is 6.09 Å². The summed E-state index contributed by atoms with van der Waals surface area (Å²) in [4.78, 5) is 17.7. The summed E-state index contributed by atoms with van der Waals surface area (Å²) in [6, 6.07) is 1.69. The number of likely N-dealkylation sites (tertiary alicyclic amines) is 1. The van der Waals surface area contributed by atoms with E-state index in [1.54, 1.807) is 33.8 Å². The number of piperidine rings is 1. The minimum atomic E-state index is -1.66. The van der Waals surface area contributed by atoms with Gasteiger partial charge in [0.05, 0.1) is 17.3 Å². The molecule has 4 nitrogen and oxygen atoms in total. The van der Waals surface area contributed by atoms with Crippen LogP contribution in [0, 0.1) is 6.92 Å². The Labute approximate surface area is 135 Å². The number of aryl methyl sites for hydroxylation is 1. The first-order valence-electron chi connectivity index (χ1n) is 7.40. The second-order valence-electron chi connectivity index (χ2n) is 6.79. The lowest BCUT2D eigenvalue weighted by molar-refractivity contribution is -0.00798. The maximum Gasteiger partial charge on any atom is 0.410 e. The zero-order valence-corrected chi connectivity index (χ0v) is 14.2. The van der Waals surface area contributed by atoms with Crippen LogP contribution in [0.25, 0.3) is 0 Å². The summed E-state index contributed by atoms with van der Waals surface area (Å²) in [6.45, 7) is 7.61. The third-order valence-corrected chi connectivity index (χ3v) is 3.77. The maximum atomic E-state index is 15.4. The number of carbonyl (C=O) groups excluding carboxylic acids is 1. The Morgan fingerprint density at radius 1 is 1.50 bits per heavy atom. The molecule has 1 atom stereocenters. The lowest BCUT2D eigenvalue weighted by atomic mass is 9.89. The highest BCUT2D eigenvalue weighted by Gasteiger charge is 2.42. The second-order valence-corrected chi connectivity index (χ2v) is 7.23. The van der Waals surface area contributed by atoms with Crippen molar-refractivity contribution in [3.63, 3.8) is 0 Å². The number of ether oxygens (including phenoxy) is 1. The normalized spacial score (nSPS) is 22.5. The zero-order valence-electron chi connectivity index (χ0n) is 13.4. The van der Waals surface area contributed by atoms with E-state index < -0.39 is 17.4 Å². The Bertz CT molecular complexity index is 574. The van der Waals surface area contributed by atoms with Gasteiger partial charge in [0.25, 0.3) is 0 Å². The van der Waals surface area contributed by atoms with E-state index in [1.807, 2.05) is 0 Å². The van der Waals surface area contributed by atoms with Crippen LogP contribution in [-0.2, 0) is 10.4 Å². The van der Waals surface area contributed by atoms with Crippen molar-refractivity contribution in [1.82, 2.24) is 9.88 Å². The predicted octanol–water partition coefficient (Wildman–Crippen LogP) is 4.24. The Morgan fingerprint density at radius 3 is 2.77 bits per heavy atom. The highest BCUT2D eigenvalue weighted by Crippen LogP contribution is 2.37. The summed E-state index contributed by atoms with van der Waals surface area (Å²) in [5.41, 5.74) is -1.21. The van der Waals surface area contributed by atoms with Gasteiger partial charge in [0, 0.05) is 12.7 Å². The largest absolute Gasteiger partial charge is 0.444 e. The minimum Gasteiger partial charge on any atom is -0.444 e. The second kappa shape index (κ2) is 6.03. The van der Waals surface area contributed by atoms with Gasteiger partial charge in [0.2, 0.25) is 0 Å². The summed E-state index contributed by atoms with van der Waals surface area (Å²) >= 11 is 5.88. The molecule has 1 fully saturated rings. The van der Waals surface area contributed by atoms with E-state index in [9.17, 15) is 4.79 Å². The van der Waals surface area contributed by atoms with E-state index in [1.165, 1.54) is 11.1 Å². The van der Waals surface area contributed by atoms with Gasteiger partial charge in [0.1, 0.15) is 5.60 Å². The highest BCUT2D eigenvalue weighted by atomic mass is 35.5. The van der Waals surface area contributed by atoms with Gasteiger partial charge < -0.3 is 9.64 Å². The van der Waals surface area contributed by atoms with Crippen LogP contribution < -0.4 is 0 Å². The monoisotopic (exact) mass is 328 g/mol. The maximum absolute atomic E-state index is 15.4. The molecular formula is C16H22ClFN2O2. The van der Waals surface area contributed by atoms with Crippen molar-refractivity contribution >= 4 is 17.7 Å². The Morgan fingerprint density at radius 2 is 2.18 bits per heavy atom. The van der Waals surface area contributed by atoms with Crippen LogP contribution in [-0.4, -0.2) is 34.7 Å². The van der Waals surface area contributed by atoms with Gasteiger partial charge in [-0.2, -0.15) is 0 Å².